The van der Waals surface area contributed by atoms with E-state index in [0.29, 0.717) is 42.5 Å². The molecule has 0 aliphatic carbocycles. The van der Waals surface area contributed by atoms with E-state index in [-0.39, 0.29) is 11.8 Å². The van der Waals surface area contributed by atoms with E-state index in [1.165, 1.54) is 0 Å². The lowest BCUT2D eigenvalue weighted by atomic mass is 9.94. The van der Waals surface area contributed by atoms with Crippen LogP contribution in [0, 0.1) is 23.7 Å². The summed E-state index contributed by atoms with van der Waals surface area (Å²) in [6.45, 7) is 4.52. The van der Waals surface area contributed by atoms with Gasteiger partial charge in [0.15, 0.2) is 0 Å². The minimum Gasteiger partial charge on any atom is -0.352 e. The molecule has 2 rings (SSSR count). The normalized spacial score (nSPS) is 26.3. The van der Waals surface area contributed by atoms with Gasteiger partial charge >= 0.3 is 0 Å². The van der Waals surface area contributed by atoms with Crippen LogP contribution in [0.25, 0.3) is 0 Å². The van der Waals surface area contributed by atoms with Gasteiger partial charge < -0.3 is 10.6 Å². The first-order valence-corrected chi connectivity index (χ1v) is 9.27. The highest BCUT2D eigenvalue weighted by Gasteiger charge is 2.42. The molecule has 0 bridgehead atoms. The first kappa shape index (κ1) is 17.2. The van der Waals surface area contributed by atoms with Crippen LogP contribution >= 0.6 is 11.8 Å². The van der Waals surface area contributed by atoms with Crippen molar-refractivity contribution in [1.82, 2.24) is 10.6 Å². The van der Waals surface area contributed by atoms with Gasteiger partial charge in [0.1, 0.15) is 0 Å². The van der Waals surface area contributed by atoms with Crippen molar-refractivity contribution in [2.45, 2.75) is 57.2 Å². The van der Waals surface area contributed by atoms with Gasteiger partial charge in [0.25, 0.3) is 0 Å². The van der Waals surface area contributed by atoms with Crippen molar-refractivity contribution in [2.75, 3.05) is 12.3 Å². The number of hydrogen-bond donors (Lipinski definition) is 2. The summed E-state index contributed by atoms with van der Waals surface area (Å²) < 4.78 is 0. The molecule has 2 aliphatic rings. The number of fused-ring (bicyclic) bond motifs is 1. The number of hydrogen-bond acceptors (Lipinski definition) is 3. The highest BCUT2D eigenvalue weighted by Crippen LogP contribution is 2.40. The SMILES string of the molecule is CC(C)C#CCNC(=O)CCCC[C@@H]1SC[C@@H]2NC(=O)C[C@@H]21. The van der Waals surface area contributed by atoms with Crippen LogP contribution in [0.5, 0.6) is 0 Å². The molecule has 2 fully saturated rings. The Labute approximate surface area is 137 Å². The molecule has 0 unspecified atom stereocenters. The maximum Gasteiger partial charge on any atom is 0.220 e. The van der Waals surface area contributed by atoms with Crippen molar-refractivity contribution in [3.8, 4) is 11.8 Å². The number of nitrogens with one attached hydrogen (secondary N) is 2. The first-order valence-electron chi connectivity index (χ1n) is 8.22. The summed E-state index contributed by atoms with van der Waals surface area (Å²) in [7, 11) is 0. The number of amides is 2. The second-order valence-corrected chi connectivity index (χ2v) is 7.68. The fraction of sp³-hybridized carbons (Fsp3) is 0.765. The number of rotatable bonds is 6. The van der Waals surface area contributed by atoms with Gasteiger partial charge in [0, 0.05) is 41.7 Å². The predicted octanol–water partition coefficient (Wildman–Crippen LogP) is 1.94. The molecular weight excluding hydrogens is 296 g/mol. The zero-order chi connectivity index (χ0) is 15.9. The minimum absolute atomic E-state index is 0.0905. The molecule has 22 heavy (non-hydrogen) atoms. The van der Waals surface area contributed by atoms with E-state index < -0.39 is 0 Å². The summed E-state index contributed by atoms with van der Waals surface area (Å²) in [5.41, 5.74) is 0. The Hall–Kier alpha value is -1.15. The monoisotopic (exact) mass is 322 g/mol. The number of thioether (sulfide) groups is 1. The minimum atomic E-state index is 0.0905. The van der Waals surface area contributed by atoms with E-state index in [2.05, 4.69) is 22.5 Å². The maximum absolute atomic E-state index is 11.7. The highest BCUT2D eigenvalue weighted by atomic mass is 32.2. The Morgan fingerprint density at radius 1 is 1.45 bits per heavy atom. The lowest BCUT2D eigenvalue weighted by Gasteiger charge is -2.15. The average Bonchev–Trinajstić information content (AvgIpc) is 2.99. The molecule has 5 heteroatoms. The molecule has 0 saturated carbocycles. The molecule has 4 nitrogen and oxygen atoms in total. The van der Waals surface area contributed by atoms with E-state index in [1.54, 1.807) is 0 Å². The molecule has 0 aromatic heterocycles. The Kier molecular flexibility index (Phi) is 6.63. The Morgan fingerprint density at radius 3 is 3.05 bits per heavy atom. The molecule has 2 aliphatic heterocycles. The van der Waals surface area contributed by atoms with Gasteiger partial charge in [0.05, 0.1) is 6.54 Å². The van der Waals surface area contributed by atoms with Gasteiger partial charge in [-0.3, -0.25) is 9.59 Å². The van der Waals surface area contributed by atoms with Crippen LogP contribution in [0.3, 0.4) is 0 Å². The molecule has 2 heterocycles. The van der Waals surface area contributed by atoms with Crippen LogP contribution in [0.15, 0.2) is 0 Å². The Morgan fingerprint density at radius 2 is 2.27 bits per heavy atom. The molecule has 0 aromatic carbocycles. The zero-order valence-electron chi connectivity index (χ0n) is 13.5. The van der Waals surface area contributed by atoms with Crippen molar-refractivity contribution in [3.05, 3.63) is 0 Å². The lowest BCUT2D eigenvalue weighted by Crippen LogP contribution is -2.29. The second-order valence-electron chi connectivity index (χ2n) is 6.41. The highest BCUT2D eigenvalue weighted by molar-refractivity contribution is 8.00. The third-order valence-electron chi connectivity index (χ3n) is 4.16. The van der Waals surface area contributed by atoms with Crippen molar-refractivity contribution in [2.24, 2.45) is 11.8 Å². The van der Waals surface area contributed by atoms with Crippen LogP contribution in [0.2, 0.25) is 0 Å². The molecule has 0 radical (unpaired) electrons. The second kappa shape index (κ2) is 8.47. The van der Waals surface area contributed by atoms with Crippen LogP contribution in [-0.2, 0) is 9.59 Å². The summed E-state index contributed by atoms with van der Waals surface area (Å²) >= 11 is 1.98. The van der Waals surface area contributed by atoms with Gasteiger partial charge in [-0.2, -0.15) is 11.8 Å². The average molecular weight is 322 g/mol. The predicted molar refractivity (Wildman–Crippen MR) is 90.4 cm³/mol. The van der Waals surface area contributed by atoms with Gasteiger partial charge in [-0.05, 0) is 12.8 Å². The molecule has 122 valence electrons. The molecule has 2 saturated heterocycles. The standard InChI is InChI=1S/C17H26N2O2S/c1-12(2)6-5-9-18-16(20)8-4-3-7-15-13-10-17(21)19-14(13)11-22-15/h12-15H,3-4,7-11H2,1-2H3,(H,18,20)(H,19,21)/t13-,14-,15-/m0/s1. The topological polar surface area (TPSA) is 58.2 Å². The van der Waals surface area contributed by atoms with E-state index >= 15 is 0 Å². The van der Waals surface area contributed by atoms with E-state index in [0.717, 1.165) is 25.0 Å². The maximum atomic E-state index is 11.7. The van der Waals surface area contributed by atoms with Crippen molar-refractivity contribution < 1.29 is 9.59 Å². The summed E-state index contributed by atoms with van der Waals surface area (Å²) in [6.07, 6.45) is 4.35. The summed E-state index contributed by atoms with van der Waals surface area (Å²) in [6, 6.07) is 0.394. The smallest absolute Gasteiger partial charge is 0.220 e. The van der Waals surface area contributed by atoms with Crippen LogP contribution < -0.4 is 10.6 Å². The Bertz CT molecular complexity index is 467. The quantitative estimate of drug-likeness (QED) is 0.580. The summed E-state index contributed by atoms with van der Waals surface area (Å²) in [5.74, 6) is 8.20. The van der Waals surface area contributed by atoms with Crippen LogP contribution in [0.1, 0.15) is 46.0 Å². The van der Waals surface area contributed by atoms with Gasteiger partial charge in [-0.25, -0.2) is 0 Å². The number of carbonyl (C=O) groups is 2. The van der Waals surface area contributed by atoms with Crippen molar-refractivity contribution >= 4 is 23.6 Å². The molecular formula is C17H26N2O2S. The van der Waals surface area contributed by atoms with E-state index in [1.807, 2.05) is 25.6 Å². The number of unbranched alkanes of at least 4 members (excludes halogenated alkanes) is 1. The van der Waals surface area contributed by atoms with Gasteiger partial charge in [-0.15, -0.1) is 0 Å². The largest absolute Gasteiger partial charge is 0.352 e. The van der Waals surface area contributed by atoms with Gasteiger partial charge in [-0.1, -0.05) is 32.1 Å². The third kappa shape index (κ3) is 5.24. The summed E-state index contributed by atoms with van der Waals surface area (Å²) in [5, 5.41) is 6.48. The zero-order valence-corrected chi connectivity index (χ0v) is 14.3. The molecule has 0 aromatic rings. The third-order valence-corrected chi connectivity index (χ3v) is 5.72. The first-order chi connectivity index (χ1) is 10.6. The molecule has 2 N–H and O–H groups in total. The van der Waals surface area contributed by atoms with Crippen molar-refractivity contribution in [1.29, 1.82) is 0 Å². The van der Waals surface area contributed by atoms with Crippen LogP contribution in [-0.4, -0.2) is 35.4 Å². The fourth-order valence-electron chi connectivity index (χ4n) is 3.05. The van der Waals surface area contributed by atoms with E-state index in [9.17, 15) is 9.59 Å². The fourth-order valence-corrected chi connectivity index (χ4v) is 4.70. The number of carbonyl (C=O) groups excluding carboxylic acids is 2. The van der Waals surface area contributed by atoms with Crippen molar-refractivity contribution in [3.63, 3.8) is 0 Å². The molecule has 0 spiro atoms. The summed E-state index contributed by atoms with van der Waals surface area (Å²) in [4.78, 5) is 23.1. The molecule has 3 atom stereocenters. The Balaban J connectivity index is 1.55. The van der Waals surface area contributed by atoms with Crippen LogP contribution in [0.4, 0.5) is 0 Å². The van der Waals surface area contributed by atoms with E-state index in [4.69, 9.17) is 0 Å². The lowest BCUT2D eigenvalue weighted by molar-refractivity contribution is -0.121. The van der Waals surface area contributed by atoms with Gasteiger partial charge in [0.2, 0.25) is 11.8 Å². The molecule has 2 amide bonds.